The van der Waals surface area contributed by atoms with E-state index in [0.717, 1.165) is 0 Å². The van der Waals surface area contributed by atoms with Gasteiger partial charge in [-0.15, -0.1) is 0 Å². The second-order valence-electron chi connectivity index (χ2n) is 6.78. The zero-order chi connectivity index (χ0) is 19.5. The van der Waals surface area contributed by atoms with Crippen molar-refractivity contribution in [3.8, 4) is 0 Å². The minimum Gasteiger partial charge on any atom is -0.229 e. The molecule has 0 spiro atoms. The first-order chi connectivity index (χ1) is 13.7. The molecule has 0 heterocycles. The summed E-state index contributed by atoms with van der Waals surface area (Å²) in [6.07, 6.45) is 0. The zero-order valence-electron chi connectivity index (χ0n) is 15.3. The molecule has 0 aliphatic carbocycles. The van der Waals surface area contributed by atoms with Crippen LogP contribution in [0, 0.1) is 0 Å². The molecule has 4 aromatic rings. The van der Waals surface area contributed by atoms with E-state index in [2.05, 4.69) is 0 Å². The predicted octanol–water partition coefficient (Wildman–Crippen LogP) is 6.81. The number of rotatable bonds is 5. The van der Waals surface area contributed by atoms with Crippen LogP contribution < -0.4 is 0 Å². The molecule has 0 N–H and O–H groups in total. The summed E-state index contributed by atoms with van der Waals surface area (Å²) in [6, 6.07) is 34.3. The van der Waals surface area contributed by atoms with Gasteiger partial charge in [-0.2, -0.15) is 0 Å². The molecular weight excluding hydrogens is 350 g/mol. The Morgan fingerprint density at radius 3 is 0.679 bits per heavy atom. The molecule has 4 aromatic carbocycles. The molecule has 0 atom stereocenters. The lowest BCUT2D eigenvalue weighted by molar-refractivity contribution is 0.0130. The fourth-order valence-electron chi connectivity index (χ4n) is 3.80. The van der Waals surface area contributed by atoms with Crippen LogP contribution >= 0.6 is 0 Å². The molecule has 0 radical (unpaired) electrons. The van der Waals surface area contributed by atoms with Crippen molar-refractivity contribution in [3.63, 3.8) is 0 Å². The lowest BCUT2D eigenvalue weighted by Crippen LogP contribution is -2.44. The molecule has 0 amide bonds. The van der Waals surface area contributed by atoms with Crippen LogP contribution in [0.2, 0.25) is 0 Å². The van der Waals surface area contributed by atoms with E-state index >= 15 is 8.78 Å². The summed E-state index contributed by atoms with van der Waals surface area (Å²) >= 11 is 0. The van der Waals surface area contributed by atoms with Crippen LogP contribution in [0.25, 0.3) is 0 Å². The Labute approximate surface area is 164 Å². The maximum absolute atomic E-state index is 17.3. The van der Waals surface area contributed by atoms with Gasteiger partial charge in [-0.3, -0.25) is 0 Å². The molecule has 0 nitrogen and oxygen atoms in total. The third-order valence-corrected chi connectivity index (χ3v) is 5.16. The number of hydrogen-bond donors (Lipinski definition) is 0. The first kappa shape index (κ1) is 18.1. The van der Waals surface area contributed by atoms with Gasteiger partial charge in [-0.05, 0) is 22.3 Å². The van der Waals surface area contributed by atoms with E-state index < -0.39 is 11.3 Å². The van der Waals surface area contributed by atoms with Crippen LogP contribution in [0.3, 0.4) is 0 Å². The molecule has 0 fully saturated rings. The molecule has 0 bridgehead atoms. The van der Waals surface area contributed by atoms with Gasteiger partial charge >= 0.3 is 0 Å². The van der Waals surface area contributed by atoms with Crippen LogP contribution in [-0.2, 0) is 11.3 Å². The molecule has 2 heteroatoms. The average Bonchev–Trinajstić information content (AvgIpc) is 2.80. The topological polar surface area (TPSA) is 0 Å². The third kappa shape index (κ3) is 2.82. The van der Waals surface area contributed by atoms with E-state index in [4.69, 9.17) is 0 Å². The van der Waals surface area contributed by atoms with E-state index in [1.54, 1.807) is 121 Å². The average molecular weight is 370 g/mol. The molecule has 0 aliphatic rings. The summed E-state index contributed by atoms with van der Waals surface area (Å²) < 4.78 is 34.6. The van der Waals surface area contributed by atoms with Crippen LogP contribution in [0.15, 0.2) is 121 Å². The second-order valence-corrected chi connectivity index (χ2v) is 6.78. The maximum atomic E-state index is 17.3. The number of halogens is 2. The number of benzene rings is 4. The Morgan fingerprint density at radius 2 is 0.500 bits per heavy atom. The SMILES string of the molecule is FC(c1ccccc1)(c1ccccc1)C(F)(c1ccccc1)c1ccccc1. The Morgan fingerprint density at radius 1 is 0.321 bits per heavy atom. The fraction of sp³-hybridized carbons (Fsp3) is 0.0769. The molecule has 138 valence electrons. The van der Waals surface area contributed by atoms with Gasteiger partial charge in [0.25, 0.3) is 0 Å². The lowest BCUT2D eigenvalue weighted by atomic mass is 9.69. The molecule has 0 saturated carbocycles. The van der Waals surface area contributed by atoms with Gasteiger partial charge in [-0.1, -0.05) is 121 Å². The summed E-state index contributed by atoms with van der Waals surface area (Å²) in [5, 5.41) is 0. The normalized spacial score (nSPS) is 11.9. The minimum absolute atomic E-state index is 0.274. The van der Waals surface area contributed by atoms with Gasteiger partial charge in [0.05, 0.1) is 0 Å². The van der Waals surface area contributed by atoms with Gasteiger partial charge in [0.2, 0.25) is 11.3 Å². The highest BCUT2D eigenvalue weighted by molar-refractivity contribution is 5.50. The minimum atomic E-state index is -2.42. The highest BCUT2D eigenvalue weighted by atomic mass is 19.2. The van der Waals surface area contributed by atoms with Crippen molar-refractivity contribution in [2.75, 3.05) is 0 Å². The monoisotopic (exact) mass is 370 g/mol. The Bertz CT molecular complexity index is 847. The number of alkyl halides is 2. The molecule has 0 aromatic heterocycles. The zero-order valence-corrected chi connectivity index (χ0v) is 15.3. The Kier molecular flexibility index (Phi) is 4.79. The Hall–Kier alpha value is -3.26. The van der Waals surface area contributed by atoms with Crippen molar-refractivity contribution < 1.29 is 8.78 Å². The molecule has 28 heavy (non-hydrogen) atoms. The maximum Gasteiger partial charge on any atom is 0.203 e. The van der Waals surface area contributed by atoms with Gasteiger partial charge in [0.1, 0.15) is 0 Å². The van der Waals surface area contributed by atoms with Gasteiger partial charge in [-0.25, -0.2) is 8.78 Å². The lowest BCUT2D eigenvalue weighted by Gasteiger charge is -2.41. The van der Waals surface area contributed by atoms with Crippen molar-refractivity contribution in [2.24, 2.45) is 0 Å². The highest BCUT2D eigenvalue weighted by Gasteiger charge is 2.58. The van der Waals surface area contributed by atoms with Gasteiger partial charge in [0.15, 0.2) is 0 Å². The molecule has 0 saturated heterocycles. The van der Waals surface area contributed by atoms with Crippen molar-refractivity contribution in [1.29, 1.82) is 0 Å². The predicted molar refractivity (Wildman–Crippen MR) is 110 cm³/mol. The van der Waals surface area contributed by atoms with E-state index in [9.17, 15) is 0 Å². The van der Waals surface area contributed by atoms with Crippen LogP contribution in [-0.4, -0.2) is 0 Å². The summed E-state index contributed by atoms with van der Waals surface area (Å²) in [5.74, 6) is 0. The highest BCUT2D eigenvalue weighted by Crippen LogP contribution is 2.54. The molecular formula is C26H20F2. The summed E-state index contributed by atoms with van der Waals surface area (Å²) in [6.45, 7) is 0. The summed E-state index contributed by atoms with van der Waals surface area (Å²) in [4.78, 5) is 0. The van der Waals surface area contributed by atoms with Crippen LogP contribution in [0.4, 0.5) is 8.78 Å². The Balaban J connectivity index is 2.09. The van der Waals surface area contributed by atoms with Crippen LogP contribution in [0.5, 0.6) is 0 Å². The third-order valence-electron chi connectivity index (χ3n) is 5.16. The van der Waals surface area contributed by atoms with Crippen molar-refractivity contribution in [1.82, 2.24) is 0 Å². The van der Waals surface area contributed by atoms with Gasteiger partial charge < -0.3 is 0 Å². The van der Waals surface area contributed by atoms with Crippen molar-refractivity contribution in [3.05, 3.63) is 144 Å². The van der Waals surface area contributed by atoms with Crippen molar-refractivity contribution >= 4 is 0 Å². The standard InChI is InChI=1S/C26H20F2/c27-25(21-13-5-1-6-14-21,22-15-7-2-8-16-22)26(28,23-17-9-3-10-18-23)24-19-11-4-12-20-24/h1-20H. The largest absolute Gasteiger partial charge is 0.229 e. The van der Waals surface area contributed by atoms with Gasteiger partial charge in [0, 0.05) is 0 Å². The van der Waals surface area contributed by atoms with E-state index in [0.29, 0.717) is 0 Å². The second kappa shape index (κ2) is 7.40. The summed E-state index contributed by atoms with van der Waals surface area (Å²) in [7, 11) is 0. The van der Waals surface area contributed by atoms with Crippen LogP contribution in [0.1, 0.15) is 22.3 Å². The van der Waals surface area contributed by atoms with E-state index in [1.165, 1.54) is 0 Å². The summed E-state index contributed by atoms with van der Waals surface area (Å²) in [5.41, 5.74) is -3.74. The molecule has 0 unspecified atom stereocenters. The molecule has 4 rings (SSSR count). The molecule has 0 aliphatic heterocycles. The first-order valence-electron chi connectivity index (χ1n) is 9.27. The van der Waals surface area contributed by atoms with E-state index in [1.807, 2.05) is 0 Å². The smallest absolute Gasteiger partial charge is 0.203 e. The quantitative estimate of drug-likeness (QED) is 0.362. The fourth-order valence-corrected chi connectivity index (χ4v) is 3.80. The van der Waals surface area contributed by atoms with Crippen molar-refractivity contribution in [2.45, 2.75) is 11.3 Å². The van der Waals surface area contributed by atoms with E-state index in [-0.39, 0.29) is 22.3 Å². The first-order valence-corrected chi connectivity index (χ1v) is 9.27. The number of hydrogen-bond acceptors (Lipinski definition) is 0.